The zero-order valence-electron chi connectivity index (χ0n) is 15.5. The zero-order valence-corrected chi connectivity index (χ0v) is 15.5. The molecular formula is C22H19N3O4. The molecule has 29 heavy (non-hydrogen) atoms. The van der Waals surface area contributed by atoms with E-state index in [9.17, 15) is 14.7 Å². The highest BCUT2D eigenvalue weighted by Gasteiger charge is 2.29. The summed E-state index contributed by atoms with van der Waals surface area (Å²) >= 11 is 0. The third-order valence-corrected chi connectivity index (χ3v) is 4.94. The largest absolute Gasteiger partial charge is 0.480 e. The molecule has 2 aromatic carbocycles. The van der Waals surface area contributed by atoms with E-state index >= 15 is 0 Å². The van der Waals surface area contributed by atoms with Gasteiger partial charge in [-0.25, -0.2) is 19.6 Å². The molecule has 2 N–H and O–H groups in total. The fraction of sp³-hybridized carbons (Fsp3) is 0.182. The molecule has 7 nitrogen and oxygen atoms in total. The number of ether oxygens (including phenoxy) is 1. The number of fused-ring (bicyclic) bond motifs is 3. The number of hydrogen-bond donors (Lipinski definition) is 2. The van der Waals surface area contributed by atoms with Gasteiger partial charge in [0, 0.05) is 24.7 Å². The van der Waals surface area contributed by atoms with Crippen LogP contribution in [0.1, 0.15) is 22.9 Å². The van der Waals surface area contributed by atoms with Crippen LogP contribution in [0.5, 0.6) is 0 Å². The molecule has 0 fully saturated rings. The first-order chi connectivity index (χ1) is 14.1. The van der Waals surface area contributed by atoms with Crippen LogP contribution in [0.2, 0.25) is 0 Å². The monoisotopic (exact) mass is 389 g/mol. The molecule has 0 spiro atoms. The van der Waals surface area contributed by atoms with Gasteiger partial charge in [0.05, 0.1) is 0 Å². The van der Waals surface area contributed by atoms with Gasteiger partial charge in [-0.3, -0.25) is 0 Å². The number of carbonyl (C=O) groups excluding carboxylic acids is 1. The van der Waals surface area contributed by atoms with Crippen molar-refractivity contribution >= 4 is 12.1 Å². The number of aromatic nitrogens is 2. The van der Waals surface area contributed by atoms with Crippen LogP contribution in [0.15, 0.2) is 67.0 Å². The summed E-state index contributed by atoms with van der Waals surface area (Å²) in [6.07, 6.45) is 2.24. The standard InChI is InChI=1S/C22H19N3O4/c26-21(27)19(12-20-23-10-5-11-24-20)25-22(28)29-13-18-16-8-3-1-6-14(16)15-7-2-4-9-17(15)18/h1-11,18-19H,12-13H2,(H,25,28)(H,26,27)/t19-/m1/s1. The number of nitrogens with zero attached hydrogens (tertiary/aromatic N) is 2. The number of carboxylic acid groups (broad SMARTS) is 1. The van der Waals surface area contributed by atoms with Crippen molar-refractivity contribution in [2.24, 2.45) is 0 Å². The molecule has 1 atom stereocenters. The van der Waals surface area contributed by atoms with E-state index in [4.69, 9.17) is 4.74 Å². The first-order valence-electron chi connectivity index (χ1n) is 9.23. The van der Waals surface area contributed by atoms with E-state index in [1.54, 1.807) is 6.07 Å². The first-order valence-corrected chi connectivity index (χ1v) is 9.23. The lowest BCUT2D eigenvalue weighted by Gasteiger charge is -2.17. The Balaban J connectivity index is 1.43. The molecule has 0 aliphatic heterocycles. The Hall–Kier alpha value is -3.74. The number of hydrogen-bond acceptors (Lipinski definition) is 5. The van der Waals surface area contributed by atoms with E-state index in [2.05, 4.69) is 27.4 Å². The van der Waals surface area contributed by atoms with Crippen molar-refractivity contribution in [2.75, 3.05) is 6.61 Å². The third-order valence-electron chi connectivity index (χ3n) is 4.94. The molecule has 7 heteroatoms. The molecule has 4 rings (SSSR count). The van der Waals surface area contributed by atoms with Crippen LogP contribution in [0.25, 0.3) is 11.1 Å². The van der Waals surface area contributed by atoms with E-state index in [1.165, 1.54) is 12.4 Å². The van der Waals surface area contributed by atoms with E-state index in [1.807, 2.05) is 36.4 Å². The normalized spacial score (nSPS) is 13.2. The summed E-state index contributed by atoms with van der Waals surface area (Å²) in [7, 11) is 0. The second kappa shape index (κ2) is 8.10. The highest BCUT2D eigenvalue weighted by Crippen LogP contribution is 2.44. The van der Waals surface area contributed by atoms with Crippen molar-refractivity contribution in [1.82, 2.24) is 15.3 Å². The summed E-state index contributed by atoms with van der Waals surface area (Å²) in [5, 5.41) is 11.8. The van der Waals surface area contributed by atoms with Crippen LogP contribution in [0.3, 0.4) is 0 Å². The van der Waals surface area contributed by atoms with Gasteiger partial charge in [-0.1, -0.05) is 48.5 Å². The molecule has 0 unspecified atom stereocenters. The summed E-state index contributed by atoms with van der Waals surface area (Å²) in [5.74, 6) is -0.932. The number of benzene rings is 2. The second-order valence-electron chi connectivity index (χ2n) is 6.73. The minimum Gasteiger partial charge on any atom is -0.480 e. The average molecular weight is 389 g/mol. The SMILES string of the molecule is O=C(N[C@H](Cc1ncccn1)C(=O)O)OCC1c2ccccc2-c2ccccc21. The van der Waals surface area contributed by atoms with Gasteiger partial charge in [-0.15, -0.1) is 0 Å². The van der Waals surface area contributed by atoms with Crippen LogP contribution in [-0.2, 0) is 16.0 Å². The van der Waals surface area contributed by atoms with Crippen molar-refractivity contribution < 1.29 is 19.4 Å². The Morgan fingerprint density at radius 2 is 1.55 bits per heavy atom. The van der Waals surface area contributed by atoms with Crippen molar-refractivity contribution in [3.8, 4) is 11.1 Å². The molecule has 1 amide bonds. The Bertz CT molecular complexity index is 993. The van der Waals surface area contributed by atoms with Crippen LogP contribution >= 0.6 is 0 Å². The maximum Gasteiger partial charge on any atom is 0.407 e. The quantitative estimate of drug-likeness (QED) is 0.672. The lowest BCUT2D eigenvalue weighted by Crippen LogP contribution is -2.43. The van der Waals surface area contributed by atoms with Gasteiger partial charge >= 0.3 is 12.1 Å². The fourth-order valence-corrected chi connectivity index (χ4v) is 3.60. The average Bonchev–Trinajstić information content (AvgIpc) is 3.06. The number of carbonyl (C=O) groups is 2. The number of amides is 1. The molecule has 0 saturated carbocycles. The summed E-state index contributed by atoms with van der Waals surface area (Å²) in [4.78, 5) is 31.8. The lowest BCUT2D eigenvalue weighted by molar-refractivity contribution is -0.139. The maximum atomic E-state index is 12.3. The van der Waals surface area contributed by atoms with Gasteiger partial charge in [0.25, 0.3) is 0 Å². The minimum absolute atomic E-state index is 0.0274. The molecule has 146 valence electrons. The molecule has 3 aromatic rings. The Morgan fingerprint density at radius 1 is 0.966 bits per heavy atom. The Morgan fingerprint density at radius 3 is 2.14 bits per heavy atom. The number of nitrogens with one attached hydrogen (secondary N) is 1. The topological polar surface area (TPSA) is 101 Å². The third kappa shape index (κ3) is 3.94. The Labute approximate surface area is 167 Å². The smallest absolute Gasteiger partial charge is 0.407 e. The predicted octanol–water partition coefficient (Wildman–Crippen LogP) is 3.01. The number of aliphatic carboxylic acids is 1. The van der Waals surface area contributed by atoms with Crippen molar-refractivity contribution in [3.05, 3.63) is 83.9 Å². The van der Waals surface area contributed by atoms with E-state index in [-0.39, 0.29) is 18.9 Å². The fourth-order valence-electron chi connectivity index (χ4n) is 3.60. The van der Waals surface area contributed by atoms with Crippen molar-refractivity contribution in [1.29, 1.82) is 0 Å². The van der Waals surface area contributed by atoms with Crippen LogP contribution in [-0.4, -0.2) is 39.8 Å². The van der Waals surface area contributed by atoms with Gasteiger partial charge < -0.3 is 15.2 Å². The molecule has 0 bridgehead atoms. The zero-order chi connectivity index (χ0) is 20.2. The summed E-state index contributed by atoms with van der Waals surface area (Å²) < 4.78 is 5.40. The highest BCUT2D eigenvalue weighted by atomic mass is 16.5. The molecule has 1 heterocycles. The molecule has 1 aliphatic rings. The minimum atomic E-state index is -1.18. The molecular weight excluding hydrogens is 370 g/mol. The van der Waals surface area contributed by atoms with Crippen LogP contribution in [0.4, 0.5) is 4.79 Å². The van der Waals surface area contributed by atoms with Crippen molar-refractivity contribution in [3.63, 3.8) is 0 Å². The molecule has 0 radical (unpaired) electrons. The van der Waals surface area contributed by atoms with Gasteiger partial charge in [0.2, 0.25) is 0 Å². The summed E-state index contributed by atoms with van der Waals surface area (Å²) in [6.45, 7) is 0.119. The van der Waals surface area contributed by atoms with Crippen LogP contribution in [0, 0.1) is 0 Å². The summed E-state index contributed by atoms with van der Waals surface area (Å²) in [5.41, 5.74) is 4.44. The van der Waals surface area contributed by atoms with Gasteiger partial charge in [0.15, 0.2) is 0 Å². The number of alkyl carbamates (subject to hydrolysis) is 1. The van der Waals surface area contributed by atoms with Crippen molar-refractivity contribution in [2.45, 2.75) is 18.4 Å². The molecule has 0 saturated heterocycles. The summed E-state index contributed by atoms with van der Waals surface area (Å²) in [6, 6.07) is 16.5. The maximum absolute atomic E-state index is 12.3. The Kier molecular flexibility index (Phi) is 5.20. The van der Waals surface area contributed by atoms with E-state index in [0.29, 0.717) is 5.82 Å². The highest BCUT2D eigenvalue weighted by molar-refractivity contribution is 5.81. The van der Waals surface area contributed by atoms with Gasteiger partial charge in [0.1, 0.15) is 18.5 Å². The van der Waals surface area contributed by atoms with Crippen LogP contribution < -0.4 is 5.32 Å². The number of carboxylic acids is 1. The number of rotatable bonds is 6. The van der Waals surface area contributed by atoms with E-state index < -0.39 is 18.1 Å². The lowest BCUT2D eigenvalue weighted by atomic mass is 9.98. The molecule has 1 aliphatic carbocycles. The van der Waals surface area contributed by atoms with E-state index in [0.717, 1.165) is 22.3 Å². The predicted molar refractivity (Wildman–Crippen MR) is 105 cm³/mol. The molecule has 1 aromatic heterocycles. The van der Waals surface area contributed by atoms with Gasteiger partial charge in [-0.2, -0.15) is 0 Å². The second-order valence-corrected chi connectivity index (χ2v) is 6.73. The van der Waals surface area contributed by atoms with Gasteiger partial charge in [-0.05, 0) is 28.3 Å². The first kappa shape index (κ1) is 18.6.